The van der Waals surface area contributed by atoms with E-state index in [0.717, 1.165) is 28.7 Å². The Morgan fingerprint density at radius 2 is 1.28 bits per heavy atom. The monoisotopic (exact) mass is 522 g/mol. The molecule has 1 aliphatic heterocycles. The van der Waals surface area contributed by atoms with Gasteiger partial charge in [-0.05, 0) is 40.8 Å². The Hall–Kier alpha value is -4.26. The molecule has 0 unspecified atom stereocenters. The second kappa shape index (κ2) is 10.1. The van der Waals surface area contributed by atoms with E-state index in [1.54, 1.807) is 24.3 Å². The van der Waals surface area contributed by atoms with Crippen molar-refractivity contribution in [2.45, 2.75) is 44.1 Å². The van der Waals surface area contributed by atoms with Crippen LogP contribution in [0.15, 0.2) is 78.9 Å². The summed E-state index contributed by atoms with van der Waals surface area (Å²) >= 11 is 0. The lowest BCUT2D eigenvalue weighted by Gasteiger charge is -2.45. The summed E-state index contributed by atoms with van der Waals surface area (Å²) in [5.41, 5.74) is 4.91. The van der Waals surface area contributed by atoms with E-state index in [-0.39, 0.29) is 23.7 Å². The zero-order valence-corrected chi connectivity index (χ0v) is 21.7. The fourth-order valence-corrected chi connectivity index (χ4v) is 6.71. The standard InChI is InChI=1S/C32H30N2O5/c1-2-3-17-24(32(38)39-18-25(35)33-19-11-5-4-6-12-19)34-30(36)28-26-20-13-7-8-14-21(20)27(29(28)31(34)37)23-16-10-9-15-22(23)26/h4-16,24,26-29H,2-3,17-18H2,1H3,(H,33,35)/t24-,26?,27?,28-,29+/m1/s1. The van der Waals surface area contributed by atoms with Gasteiger partial charge in [0.1, 0.15) is 6.04 Å². The molecule has 198 valence electrons. The fraction of sp³-hybridized carbons (Fsp3) is 0.312. The molecular formula is C32H30N2O5. The molecule has 3 atom stereocenters. The van der Waals surface area contributed by atoms with Crippen molar-refractivity contribution in [2.75, 3.05) is 11.9 Å². The minimum atomic E-state index is -1.06. The second-order valence-electron chi connectivity index (χ2n) is 10.5. The lowest BCUT2D eigenvalue weighted by Crippen LogP contribution is -2.47. The summed E-state index contributed by atoms with van der Waals surface area (Å²) in [4.78, 5) is 55.1. The third-order valence-electron chi connectivity index (χ3n) is 8.30. The summed E-state index contributed by atoms with van der Waals surface area (Å²) in [5.74, 6) is -3.47. The van der Waals surface area contributed by atoms with Gasteiger partial charge < -0.3 is 10.1 Å². The van der Waals surface area contributed by atoms with E-state index in [1.807, 2.05) is 61.5 Å². The Kier molecular flexibility index (Phi) is 6.51. The summed E-state index contributed by atoms with van der Waals surface area (Å²) in [6.45, 7) is 1.48. The average molecular weight is 523 g/mol. The first-order valence-electron chi connectivity index (χ1n) is 13.6. The van der Waals surface area contributed by atoms with Gasteiger partial charge in [0.2, 0.25) is 11.8 Å². The average Bonchev–Trinajstić information content (AvgIpc) is 3.23. The van der Waals surface area contributed by atoms with E-state index in [9.17, 15) is 19.2 Å². The van der Waals surface area contributed by atoms with Crippen LogP contribution >= 0.6 is 0 Å². The molecule has 1 heterocycles. The highest BCUT2D eigenvalue weighted by Gasteiger charge is 2.63. The van der Waals surface area contributed by atoms with E-state index in [0.29, 0.717) is 18.5 Å². The number of imide groups is 1. The third-order valence-corrected chi connectivity index (χ3v) is 8.30. The Bertz CT molecular complexity index is 1340. The number of carbonyl (C=O) groups is 4. The summed E-state index contributed by atoms with van der Waals surface area (Å²) in [5, 5.41) is 2.68. The number of hydrogen-bond acceptors (Lipinski definition) is 5. The minimum Gasteiger partial charge on any atom is -0.454 e. The molecule has 3 aliphatic carbocycles. The van der Waals surface area contributed by atoms with E-state index in [4.69, 9.17) is 4.74 Å². The summed E-state index contributed by atoms with van der Waals surface area (Å²) < 4.78 is 5.39. The van der Waals surface area contributed by atoms with Crippen LogP contribution in [0.5, 0.6) is 0 Å². The van der Waals surface area contributed by atoms with Gasteiger partial charge in [-0.25, -0.2) is 4.79 Å². The molecule has 3 aromatic carbocycles. The van der Waals surface area contributed by atoms with Crippen LogP contribution in [0.25, 0.3) is 0 Å². The molecule has 1 N–H and O–H groups in total. The van der Waals surface area contributed by atoms with Gasteiger partial charge in [-0.2, -0.15) is 0 Å². The van der Waals surface area contributed by atoms with Crippen molar-refractivity contribution in [1.29, 1.82) is 0 Å². The first-order valence-corrected chi connectivity index (χ1v) is 13.6. The molecule has 7 rings (SSSR count). The van der Waals surface area contributed by atoms with Crippen molar-refractivity contribution in [3.05, 3.63) is 101 Å². The van der Waals surface area contributed by atoms with Gasteiger partial charge in [0.05, 0.1) is 11.8 Å². The number of ether oxygens (including phenoxy) is 1. The van der Waals surface area contributed by atoms with Crippen molar-refractivity contribution in [3.8, 4) is 0 Å². The smallest absolute Gasteiger partial charge is 0.329 e. The molecule has 0 aromatic heterocycles. The SMILES string of the molecule is CCCC[C@H](C(=O)OCC(=O)Nc1ccccc1)N1C(=O)[C@@H]2C3c4ccccc4C(c4ccccc43)[C@@H]2C1=O. The highest BCUT2D eigenvalue weighted by molar-refractivity contribution is 6.10. The lowest BCUT2D eigenvalue weighted by atomic mass is 9.55. The van der Waals surface area contributed by atoms with E-state index in [1.165, 1.54) is 4.90 Å². The number of carbonyl (C=O) groups excluding carboxylic acids is 4. The zero-order valence-electron chi connectivity index (χ0n) is 21.7. The molecule has 4 aliphatic rings. The number of anilines is 1. The maximum Gasteiger partial charge on any atom is 0.329 e. The minimum absolute atomic E-state index is 0.242. The molecule has 3 aromatic rings. The van der Waals surface area contributed by atoms with Crippen LogP contribution in [0.3, 0.4) is 0 Å². The van der Waals surface area contributed by atoms with Crippen LogP contribution < -0.4 is 5.32 Å². The number of rotatable bonds is 8. The first kappa shape index (κ1) is 25.0. The van der Waals surface area contributed by atoms with Gasteiger partial charge in [-0.15, -0.1) is 0 Å². The van der Waals surface area contributed by atoms with Crippen molar-refractivity contribution < 1.29 is 23.9 Å². The Labute approximate surface area is 227 Å². The maximum atomic E-state index is 14.1. The zero-order chi connectivity index (χ0) is 27.1. The lowest BCUT2D eigenvalue weighted by molar-refractivity contribution is -0.160. The van der Waals surface area contributed by atoms with Gasteiger partial charge in [0.15, 0.2) is 6.61 Å². The summed E-state index contributed by atoms with van der Waals surface area (Å²) in [6, 6.07) is 23.9. The molecule has 0 radical (unpaired) electrons. The van der Waals surface area contributed by atoms with Crippen molar-refractivity contribution in [3.63, 3.8) is 0 Å². The molecule has 3 amide bonds. The number of nitrogens with one attached hydrogen (secondary N) is 1. The maximum absolute atomic E-state index is 14.1. The van der Waals surface area contributed by atoms with E-state index < -0.39 is 36.4 Å². The molecule has 0 spiro atoms. The fourth-order valence-electron chi connectivity index (χ4n) is 6.71. The molecule has 2 bridgehead atoms. The number of hydrogen-bond donors (Lipinski definition) is 1. The van der Waals surface area contributed by atoms with Crippen molar-refractivity contribution in [2.24, 2.45) is 11.8 Å². The second-order valence-corrected chi connectivity index (χ2v) is 10.5. The molecule has 1 saturated heterocycles. The Morgan fingerprint density at radius 3 is 1.77 bits per heavy atom. The molecule has 39 heavy (non-hydrogen) atoms. The molecule has 0 saturated carbocycles. The topological polar surface area (TPSA) is 92.8 Å². The number of unbranched alkanes of at least 4 members (excludes halogenated alkanes) is 1. The van der Waals surface area contributed by atoms with Gasteiger partial charge in [0, 0.05) is 17.5 Å². The van der Waals surface area contributed by atoms with E-state index in [2.05, 4.69) is 5.32 Å². The van der Waals surface area contributed by atoms with Gasteiger partial charge in [-0.1, -0.05) is 86.5 Å². The van der Waals surface area contributed by atoms with Crippen LogP contribution in [-0.2, 0) is 23.9 Å². The van der Waals surface area contributed by atoms with Crippen molar-refractivity contribution >= 4 is 29.4 Å². The number of para-hydroxylation sites is 1. The highest BCUT2D eigenvalue weighted by atomic mass is 16.5. The van der Waals surface area contributed by atoms with Crippen LogP contribution in [0.1, 0.15) is 60.3 Å². The summed E-state index contributed by atoms with van der Waals surface area (Å²) in [6.07, 6.45) is 1.71. The highest BCUT2D eigenvalue weighted by Crippen LogP contribution is 2.61. The van der Waals surface area contributed by atoms with Crippen LogP contribution in [-0.4, -0.2) is 41.2 Å². The van der Waals surface area contributed by atoms with Gasteiger partial charge in [-0.3, -0.25) is 19.3 Å². The molecular weight excluding hydrogens is 492 g/mol. The van der Waals surface area contributed by atoms with Gasteiger partial charge >= 0.3 is 5.97 Å². The molecule has 7 nitrogen and oxygen atoms in total. The van der Waals surface area contributed by atoms with Crippen LogP contribution in [0, 0.1) is 11.8 Å². The van der Waals surface area contributed by atoms with Gasteiger partial charge in [0.25, 0.3) is 5.91 Å². The predicted octanol–water partition coefficient (Wildman–Crippen LogP) is 4.62. The Balaban J connectivity index is 1.28. The normalized spacial score (nSPS) is 23.1. The largest absolute Gasteiger partial charge is 0.454 e. The van der Waals surface area contributed by atoms with E-state index >= 15 is 0 Å². The number of likely N-dealkylation sites (tertiary alicyclic amines) is 1. The first-order chi connectivity index (χ1) is 19.0. The number of nitrogens with zero attached hydrogens (tertiary/aromatic N) is 1. The quantitative estimate of drug-likeness (QED) is 0.344. The Morgan fingerprint density at radius 1 is 0.795 bits per heavy atom. The molecule has 7 heteroatoms. The number of amides is 3. The van der Waals surface area contributed by atoms with Crippen molar-refractivity contribution in [1.82, 2.24) is 4.90 Å². The number of benzene rings is 3. The number of esters is 1. The predicted molar refractivity (Wildman–Crippen MR) is 145 cm³/mol. The van der Waals surface area contributed by atoms with Crippen LogP contribution in [0.2, 0.25) is 0 Å². The van der Waals surface area contributed by atoms with Crippen LogP contribution in [0.4, 0.5) is 5.69 Å². The third kappa shape index (κ3) is 4.13. The summed E-state index contributed by atoms with van der Waals surface area (Å²) in [7, 11) is 0. The molecule has 1 fully saturated rings.